The van der Waals surface area contributed by atoms with E-state index in [2.05, 4.69) is 20.9 Å². The number of nitrogens with one attached hydrogen (secondary N) is 3. The van der Waals surface area contributed by atoms with E-state index in [1.807, 2.05) is 0 Å². The number of amides is 2. The predicted molar refractivity (Wildman–Crippen MR) is 68.1 cm³/mol. The van der Waals surface area contributed by atoms with Crippen LogP contribution >= 0.6 is 0 Å². The Morgan fingerprint density at radius 3 is 2.44 bits per heavy atom. The molecular weight excluding hydrogens is 232 g/mol. The number of hydrogen-bond donors (Lipinski definition) is 3. The third kappa shape index (κ3) is 4.62. The SMILES string of the molecule is O=C(CN1CCNCC1)NCCNC(=O)C1CC1. The lowest BCUT2D eigenvalue weighted by Crippen LogP contribution is -2.48. The van der Waals surface area contributed by atoms with Crippen molar-refractivity contribution in [3.8, 4) is 0 Å². The van der Waals surface area contributed by atoms with E-state index in [9.17, 15) is 9.59 Å². The molecule has 102 valence electrons. The molecule has 0 spiro atoms. The van der Waals surface area contributed by atoms with E-state index in [0.717, 1.165) is 39.0 Å². The summed E-state index contributed by atoms with van der Waals surface area (Å²) in [5, 5.41) is 8.90. The summed E-state index contributed by atoms with van der Waals surface area (Å²) in [6.45, 7) is 5.25. The molecule has 2 fully saturated rings. The van der Waals surface area contributed by atoms with Gasteiger partial charge in [-0.2, -0.15) is 0 Å². The molecule has 0 unspecified atom stereocenters. The van der Waals surface area contributed by atoms with Gasteiger partial charge < -0.3 is 16.0 Å². The Labute approximate surface area is 107 Å². The van der Waals surface area contributed by atoms with Crippen molar-refractivity contribution in [3.63, 3.8) is 0 Å². The van der Waals surface area contributed by atoms with Gasteiger partial charge in [0.05, 0.1) is 6.54 Å². The highest BCUT2D eigenvalue weighted by Crippen LogP contribution is 2.28. The fraction of sp³-hybridized carbons (Fsp3) is 0.833. The highest BCUT2D eigenvalue weighted by Gasteiger charge is 2.28. The van der Waals surface area contributed by atoms with Crippen LogP contribution in [0.2, 0.25) is 0 Å². The Morgan fingerprint density at radius 2 is 1.78 bits per heavy atom. The maximum absolute atomic E-state index is 11.6. The Balaban J connectivity index is 1.49. The second-order valence-electron chi connectivity index (χ2n) is 4.94. The normalized spacial score (nSPS) is 20.4. The molecule has 0 radical (unpaired) electrons. The monoisotopic (exact) mass is 254 g/mol. The lowest BCUT2D eigenvalue weighted by molar-refractivity contribution is -0.124. The number of carbonyl (C=O) groups excluding carboxylic acids is 2. The topological polar surface area (TPSA) is 73.5 Å². The maximum atomic E-state index is 11.6. The van der Waals surface area contributed by atoms with E-state index >= 15 is 0 Å². The van der Waals surface area contributed by atoms with Crippen LogP contribution in [0, 0.1) is 5.92 Å². The molecule has 1 saturated heterocycles. The summed E-state index contributed by atoms with van der Waals surface area (Å²) in [6, 6.07) is 0. The molecule has 1 aliphatic carbocycles. The van der Waals surface area contributed by atoms with Crippen LogP contribution in [0.3, 0.4) is 0 Å². The lowest BCUT2D eigenvalue weighted by atomic mass is 10.3. The van der Waals surface area contributed by atoms with Crippen LogP contribution in [0.1, 0.15) is 12.8 Å². The van der Waals surface area contributed by atoms with E-state index in [0.29, 0.717) is 19.6 Å². The Kier molecular flexibility index (Phi) is 4.95. The molecule has 0 aromatic carbocycles. The van der Waals surface area contributed by atoms with Crippen LogP contribution in [-0.4, -0.2) is 62.5 Å². The molecule has 0 aromatic rings. The molecule has 0 bridgehead atoms. The molecule has 1 saturated carbocycles. The first kappa shape index (κ1) is 13.3. The zero-order valence-corrected chi connectivity index (χ0v) is 10.7. The van der Waals surface area contributed by atoms with Crippen molar-refractivity contribution in [2.75, 3.05) is 45.8 Å². The minimum Gasteiger partial charge on any atom is -0.354 e. The molecule has 18 heavy (non-hydrogen) atoms. The molecule has 2 rings (SSSR count). The highest BCUT2D eigenvalue weighted by molar-refractivity contribution is 5.81. The van der Waals surface area contributed by atoms with Gasteiger partial charge >= 0.3 is 0 Å². The summed E-state index contributed by atoms with van der Waals surface area (Å²) in [4.78, 5) is 25.1. The summed E-state index contributed by atoms with van der Waals surface area (Å²) in [6.07, 6.45) is 2.03. The van der Waals surface area contributed by atoms with Gasteiger partial charge in [-0.1, -0.05) is 0 Å². The van der Waals surface area contributed by atoms with Gasteiger partial charge in [0.15, 0.2) is 0 Å². The Morgan fingerprint density at radius 1 is 1.11 bits per heavy atom. The van der Waals surface area contributed by atoms with Gasteiger partial charge in [-0.05, 0) is 12.8 Å². The molecule has 6 heteroatoms. The van der Waals surface area contributed by atoms with Gasteiger partial charge in [0, 0.05) is 45.2 Å². The third-order valence-corrected chi connectivity index (χ3v) is 3.27. The van der Waals surface area contributed by atoms with Crippen LogP contribution in [-0.2, 0) is 9.59 Å². The molecule has 1 heterocycles. The summed E-state index contributed by atoms with van der Waals surface area (Å²) in [5.41, 5.74) is 0. The molecule has 0 aromatic heterocycles. The molecule has 2 aliphatic rings. The average Bonchev–Trinajstić information content (AvgIpc) is 3.20. The van der Waals surface area contributed by atoms with E-state index in [1.54, 1.807) is 0 Å². The Bertz CT molecular complexity index is 298. The second-order valence-corrected chi connectivity index (χ2v) is 4.94. The van der Waals surface area contributed by atoms with Gasteiger partial charge in [-0.3, -0.25) is 14.5 Å². The van der Waals surface area contributed by atoms with Crippen molar-refractivity contribution >= 4 is 11.8 Å². The van der Waals surface area contributed by atoms with Crippen LogP contribution in [0.4, 0.5) is 0 Å². The van der Waals surface area contributed by atoms with Gasteiger partial charge in [0.1, 0.15) is 0 Å². The number of nitrogens with zero attached hydrogens (tertiary/aromatic N) is 1. The molecule has 0 atom stereocenters. The molecule has 2 amide bonds. The minimum atomic E-state index is 0.0394. The first-order valence-electron chi connectivity index (χ1n) is 6.73. The number of rotatable bonds is 6. The zero-order chi connectivity index (χ0) is 12.8. The van der Waals surface area contributed by atoms with Crippen LogP contribution in [0.25, 0.3) is 0 Å². The molecule has 1 aliphatic heterocycles. The van der Waals surface area contributed by atoms with Crippen molar-refractivity contribution in [1.29, 1.82) is 0 Å². The smallest absolute Gasteiger partial charge is 0.234 e. The van der Waals surface area contributed by atoms with E-state index < -0.39 is 0 Å². The van der Waals surface area contributed by atoms with E-state index in [-0.39, 0.29) is 17.7 Å². The van der Waals surface area contributed by atoms with Gasteiger partial charge in [0.25, 0.3) is 0 Å². The molecular formula is C12H22N4O2. The summed E-state index contributed by atoms with van der Waals surface area (Å²) >= 11 is 0. The first-order valence-corrected chi connectivity index (χ1v) is 6.73. The van der Waals surface area contributed by atoms with Crippen LogP contribution in [0.15, 0.2) is 0 Å². The van der Waals surface area contributed by atoms with Crippen molar-refractivity contribution < 1.29 is 9.59 Å². The Hall–Kier alpha value is -1.14. The van der Waals surface area contributed by atoms with E-state index in [4.69, 9.17) is 0 Å². The number of carbonyl (C=O) groups is 2. The zero-order valence-electron chi connectivity index (χ0n) is 10.7. The molecule has 3 N–H and O–H groups in total. The standard InChI is InChI=1S/C12H22N4O2/c17-11(9-16-7-5-13-6-8-16)14-3-4-15-12(18)10-1-2-10/h10,13H,1-9H2,(H,14,17)(H,15,18). The maximum Gasteiger partial charge on any atom is 0.234 e. The lowest BCUT2D eigenvalue weighted by Gasteiger charge is -2.26. The van der Waals surface area contributed by atoms with Crippen LogP contribution < -0.4 is 16.0 Å². The van der Waals surface area contributed by atoms with Gasteiger partial charge in [-0.15, -0.1) is 0 Å². The number of piperazine rings is 1. The minimum absolute atomic E-state index is 0.0394. The second kappa shape index (κ2) is 6.70. The van der Waals surface area contributed by atoms with Gasteiger partial charge in [-0.25, -0.2) is 0 Å². The summed E-state index contributed by atoms with van der Waals surface area (Å²) in [5.74, 6) is 0.408. The largest absolute Gasteiger partial charge is 0.354 e. The third-order valence-electron chi connectivity index (χ3n) is 3.27. The van der Waals surface area contributed by atoms with Crippen LogP contribution in [0.5, 0.6) is 0 Å². The predicted octanol–water partition coefficient (Wildman–Crippen LogP) is -1.47. The molecule has 6 nitrogen and oxygen atoms in total. The summed E-state index contributed by atoms with van der Waals surface area (Å²) in [7, 11) is 0. The van der Waals surface area contributed by atoms with Gasteiger partial charge in [0.2, 0.25) is 11.8 Å². The van der Waals surface area contributed by atoms with Crippen molar-refractivity contribution in [2.24, 2.45) is 5.92 Å². The fourth-order valence-corrected chi connectivity index (χ4v) is 2.01. The first-order chi connectivity index (χ1) is 8.75. The van der Waals surface area contributed by atoms with Crippen molar-refractivity contribution in [1.82, 2.24) is 20.9 Å². The van der Waals surface area contributed by atoms with Crippen molar-refractivity contribution in [3.05, 3.63) is 0 Å². The number of hydrogen-bond acceptors (Lipinski definition) is 4. The highest BCUT2D eigenvalue weighted by atomic mass is 16.2. The van der Waals surface area contributed by atoms with Crippen molar-refractivity contribution in [2.45, 2.75) is 12.8 Å². The average molecular weight is 254 g/mol. The van der Waals surface area contributed by atoms with E-state index in [1.165, 1.54) is 0 Å². The summed E-state index contributed by atoms with van der Waals surface area (Å²) < 4.78 is 0. The fourth-order valence-electron chi connectivity index (χ4n) is 2.01. The quantitative estimate of drug-likeness (QED) is 0.506.